The molecule has 1 unspecified atom stereocenters. The van der Waals surface area contributed by atoms with E-state index in [4.69, 9.17) is 4.98 Å². The van der Waals surface area contributed by atoms with E-state index in [1.807, 2.05) is 12.3 Å². The number of hydrogen-bond acceptors (Lipinski definition) is 4. The SMILES string of the molecule is Cc1ccc2ncc(-c3cccc(NC4CCC5(CNC5)C4)n3)n2c1. The first-order valence-corrected chi connectivity index (χ1v) is 9.09. The smallest absolute Gasteiger partial charge is 0.137 e. The van der Waals surface area contributed by atoms with E-state index in [1.165, 1.54) is 37.9 Å². The van der Waals surface area contributed by atoms with Gasteiger partial charge in [-0.05, 0) is 55.4 Å². The van der Waals surface area contributed by atoms with E-state index in [2.05, 4.69) is 57.4 Å². The van der Waals surface area contributed by atoms with Gasteiger partial charge in [-0.25, -0.2) is 9.97 Å². The summed E-state index contributed by atoms with van der Waals surface area (Å²) in [6.45, 7) is 4.46. The molecule has 4 heterocycles. The molecule has 5 heteroatoms. The number of hydrogen-bond donors (Lipinski definition) is 2. The third-order valence-corrected chi connectivity index (χ3v) is 5.72. The highest BCUT2D eigenvalue weighted by Crippen LogP contribution is 2.42. The third kappa shape index (κ3) is 2.59. The highest BCUT2D eigenvalue weighted by molar-refractivity contribution is 5.62. The zero-order valence-corrected chi connectivity index (χ0v) is 14.5. The minimum atomic E-state index is 0.536. The minimum absolute atomic E-state index is 0.536. The van der Waals surface area contributed by atoms with Crippen LogP contribution in [0.4, 0.5) is 5.82 Å². The normalized spacial score (nSPS) is 21.6. The summed E-state index contributed by atoms with van der Waals surface area (Å²) in [4.78, 5) is 9.36. The molecule has 1 saturated heterocycles. The molecule has 5 nitrogen and oxygen atoms in total. The molecule has 3 aromatic heterocycles. The van der Waals surface area contributed by atoms with Crippen LogP contribution in [0.3, 0.4) is 0 Å². The lowest BCUT2D eigenvalue weighted by molar-refractivity contribution is 0.176. The number of aryl methyl sites for hydroxylation is 1. The summed E-state index contributed by atoms with van der Waals surface area (Å²) in [5, 5.41) is 7.08. The minimum Gasteiger partial charge on any atom is -0.367 e. The maximum absolute atomic E-state index is 4.86. The Hall–Kier alpha value is -2.40. The summed E-state index contributed by atoms with van der Waals surface area (Å²) >= 11 is 0. The second-order valence-electron chi connectivity index (χ2n) is 7.67. The van der Waals surface area contributed by atoms with Crippen molar-refractivity contribution < 1.29 is 0 Å². The molecule has 1 atom stereocenters. The van der Waals surface area contributed by atoms with Crippen LogP contribution < -0.4 is 10.6 Å². The van der Waals surface area contributed by atoms with Crippen molar-refractivity contribution in [3.63, 3.8) is 0 Å². The molecule has 1 saturated carbocycles. The van der Waals surface area contributed by atoms with Gasteiger partial charge in [0.2, 0.25) is 0 Å². The Labute approximate surface area is 147 Å². The molecule has 0 amide bonds. The first-order chi connectivity index (χ1) is 12.2. The topological polar surface area (TPSA) is 54.2 Å². The Bertz CT molecular complexity index is 925. The number of pyridine rings is 2. The fourth-order valence-corrected chi connectivity index (χ4v) is 4.27. The van der Waals surface area contributed by atoms with Crippen LogP contribution in [0.2, 0.25) is 0 Å². The van der Waals surface area contributed by atoms with Crippen molar-refractivity contribution in [1.29, 1.82) is 0 Å². The van der Waals surface area contributed by atoms with Gasteiger partial charge in [-0.15, -0.1) is 0 Å². The van der Waals surface area contributed by atoms with Gasteiger partial charge in [-0.3, -0.25) is 4.40 Å². The first-order valence-electron chi connectivity index (χ1n) is 9.09. The fourth-order valence-electron chi connectivity index (χ4n) is 4.27. The number of anilines is 1. The molecule has 3 aromatic rings. The standard InChI is InChI=1S/C20H23N5/c1-14-5-6-19-22-10-17(25(19)11-14)16-3-2-4-18(24-16)23-15-7-8-20(9-15)12-21-13-20/h2-6,10-11,15,21H,7-9,12-13H2,1H3,(H,23,24). The molecule has 25 heavy (non-hydrogen) atoms. The van der Waals surface area contributed by atoms with Crippen LogP contribution in [0.5, 0.6) is 0 Å². The van der Waals surface area contributed by atoms with Crippen molar-refractivity contribution in [3.05, 3.63) is 48.3 Å². The third-order valence-electron chi connectivity index (χ3n) is 5.72. The number of imidazole rings is 1. The number of rotatable bonds is 3. The monoisotopic (exact) mass is 333 g/mol. The first kappa shape index (κ1) is 14.9. The van der Waals surface area contributed by atoms with Crippen LogP contribution in [0.15, 0.2) is 42.7 Å². The van der Waals surface area contributed by atoms with Crippen molar-refractivity contribution in [2.75, 3.05) is 18.4 Å². The average Bonchev–Trinajstić information content (AvgIpc) is 3.19. The summed E-state index contributed by atoms with van der Waals surface area (Å²) < 4.78 is 2.12. The van der Waals surface area contributed by atoms with Gasteiger partial charge in [-0.1, -0.05) is 12.1 Å². The molecule has 0 aromatic carbocycles. The zero-order valence-electron chi connectivity index (χ0n) is 14.5. The van der Waals surface area contributed by atoms with Gasteiger partial charge in [-0.2, -0.15) is 0 Å². The van der Waals surface area contributed by atoms with Crippen molar-refractivity contribution in [3.8, 4) is 11.4 Å². The van der Waals surface area contributed by atoms with Crippen LogP contribution >= 0.6 is 0 Å². The van der Waals surface area contributed by atoms with Crippen molar-refractivity contribution >= 4 is 11.5 Å². The lowest BCUT2D eigenvalue weighted by atomic mass is 9.80. The van der Waals surface area contributed by atoms with Crippen LogP contribution in [0, 0.1) is 12.3 Å². The van der Waals surface area contributed by atoms with Gasteiger partial charge in [0.15, 0.2) is 0 Å². The molecule has 0 bridgehead atoms. The number of fused-ring (bicyclic) bond motifs is 1. The van der Waals surface area contributed by atoms with E-state index in [1.54, 1.807) is 0 Å². The number of aromatic nitrogens is 3. The molecule has 1 aliphatic carbocycles. The maximum Gasteiger partial charge on any atom is 0.137 e. The van der Waals surface area contributed by atoms with Crippen LogP contribution in [-0.2, 0) is 0 Å². The van der Waals surface area contributed by atoms with Crippen LogP contribution in [0.1, 0.15) is 24.8 Å². The van der Waals surface area contributed by atoms with Gasteiger partial charge in [0.05, 0.1) is 17.6 Å². The summed E-state index contributed by atoms with van der Waals surface area (Å²) in [6.07, 6.45) is 7.84. The highest BCUT2D eigenvalue weighted by Gasteiger charge is 2.43. The Morgan fingerprint density at radius 3 is 2.96 bits per heavy atom. The molecule has 1 aliphatic heterocycles. The van der Waals surface area contributed by atoms with E-state index >= 15 is 0 Å². The summed E-state index contributed by atoms with van der Waals surface area (Å²) in [5.74, 6) is 0.967. The van der Waals surface area contributed by atoms with Crippen LogP contribution in [0.25, 0.3) is 17.0 Å². The van der Waals surface area contributed by atoms with E-state index in [0.29, 0.717) is 11.5 Å². The second-order valence-corrected chi connectivity index (χ2v) is 7.67. The molecule has 2 N–H and O–H groups in total. The van der Waals surface area contributed by atoms with Gasteiger partial charge in [0.1, 0.15) is 11.5 Å². The Morgan fingerprint density at radius 2 is 2.16 bits per heavy atom. The Kier molecular flexibility index (Phi) is 3.31. The summed E-state index contributed by atoms with van der Waals surface area (Å²) in [6, 6.07) is 10.9. The van der Waals surface area contributed by atoms with E-state index in [0.717, 1.165) is 22.9 Å². The zero-order chi connectivity index (χ0) is 16.9. The van der Waals surface area contributed by atoms with Gasteiger partial charge < -0.3 is 10.6 Å². The van der Waals surface area contributed by atoms with E-state index in [9.17, 15) is 0 Å². The molecule has 128 valence electrons. The molecular weight excluding hydrogens is 310 g/mol. The summed E-state index contributed by atoms with van der Waals surface area (Å²) in [5.41, 5.74) is 4.71. The van der Waals surface area contributed by atoms with E-state index in [-0.39, 0.29) is 0 Å². The van der Waals surface area contributed by atoms with Crippen molar-refractivity contribution in [1.82, 2.24) is 19.7 Å². The summed E-state index contributed by atoms with van der Waals surface area (Å²) in [7, 11) is 0. The molecule has 2 fully saturated rings. The quantitative estimate of drug-likeness (QED) is 0.772. The van der Waals surface area contributed by atoms with Crippen LogP contribution in [-0.4, -0.2) is 33.5 Å². The Balaban J connectivity index is 1.41. The number of nitrogens with zero attached hydrogens (tertiary/aromatic N) is 3. The fraction of sp³-hybridized carbons (Fsp3) is 0.400. The molecular formula is C20H23N5. The largest absolute Gasteiger partial charge is 0.367 e. The molecule has 2 aliphatic rings. The highest BCUT2D eigenvalue weighted by atomic mass is 15.1. The lowest BCUT2D eigenvalue weighted by Gasteiger charge is -2.39. The van der Waals surface area contributed by atoms with E-state index < -0.39 is 0 Å². The maximum atomic E-state index is 4.86. The van der Waals surface area contributed by atoms with Gasteiger partial charge in [0, 0.05) is 25.3 Å². The predicted octanol–water partition coefficient (Wildman–Crippen LogP) is 3.26. The van der Waals surface area contributed by atoms with Gasteiger partial charge in [0.25, 0.3) is 0 Å². The predicted molar refractivity (Wildman–Crippen MR) is 99.7 cm³/mol. The number of nitrogens with one attached hydrogen (secondary N) is 2. The van der Waals surface area contributed by atoms with Crippen molar-refractivity contribution in [2.24, 2.45) is 5.41 Å². The molecule has 1 spiro atoms. The average molecular weight is 333 g/mol. The Morgan fingerprint density at radius 1 is 1.24 bits per heavy atom. The lowest BCUT2D eigenvalue weighted by Crippen LogP contribution is -2.52. The molecule has 0 radical (unpaired) electrons. The second kappa shape index (κ2) is 5.56. The van der Waals surface area contributed by atoms with Crippen molar-refractivity contribution in [2.45, 2.75) is 32.2 Å². The molecule has 5 rings (SSSR count). The van der Waals surface area contributed by atoms with Gasteiger partial charge >= 0.3 is 0 Å².